The fourth-order valence-electron chi connectivity index (χ4n) is 2.28. The van der Waals surface area contributed by atoms with Crippen LogP contribution in [0.1, 0.15) is 41.9 Å². The van der Waals surface area contributed by atoms with E-state index in [2.05, 4.69) is 32.6 Å². The second-order valence-electron chi connectivity index (χ2n) is 4.95. The molecule has 0 saturated heterocycles. The lowest BCUT2D eigenvalue weighted by molar-refractivity contribution is 0.128. The molecule has 1 aliphatic carbocycles. The summed E-state index contributed by atoms with van der Waals surface area (Å²) in [6.07, 6.45) is 1.91. The lowest BCUT2D eigenvalue weighted by Crippen LogP contribution is -2.21. The molecule has 1 atom stereocenters. The number of hydrogen-bond donors (Lipinski definition) is 1. The maximum Gasteiger partial charge on any atom is 0.264 e. The van der Waals surface area contributed by atoms with Crippen LogP contribution in [0.15, 0.2) is 35.1 Å². The normalized spacial score (nSPS) is 16.1. The zero-order valence-electron chi connectivity index (χ0n) is 11.1. The molecule has 104 valence electrons. The third kappa shape index (κ3) is 2.64. The lowest BCUT2D eigenvalue weighted by Gasteiger charge is -2.16. The molecule has 4 nitrogen and oxygen atoms in total. The minimum atomic E-state index is -0.335. The van der Waals surface area contributed by atoms with Crippen LogP contribution in [0.5, 0.6) is 0 Å². The molecule has 20 heavy (non-hydrogen) atoms. The zero-order chi connectivity index (χ0) is 14.1. The van der Waals surface area contributed by atoms with E-state index >= 15 is 0 Å². The second-order valence-corrected chi connectivity index (χ2v) is 6.03. The lowest BCUT2D eigenvalue weighted by atomic mass is 10.1. The Morgan fingerprint density at radius 2 is 2.05 bits per heavy atom. The summed E-state index contributed by atoms with van der Waals surface area (Å²) in [5, 5.41) is 0. The SMILES string of the molecule is COC(c1ccccc1)c1nc(C2CC2)c(I)c(=O)[nH]1. The number of benzene rings is 1. The number of aromatic nitrogens is 2. The predicted molar refractivity (Wildman–Crippen MR) is 84.8 cm³/mol. The van der Waals surface area contributed by atoms with Gasteiger partial charge >= 0.3 is 0 Å². The molecule has 5 heteroatoms. The Bertz CT molecular complexity index is 665. The highest BCUT2D eigenvalue weighted by Crippen LogP contribution is 2.40. The van der Waals surface area contributed by atoms with E-state index in [1.807, 2.05) is 30.3 Å². The quantitative estimate of drug-likeness (QED) is 0.828. The molecule has 3 rings (SSSR count). The van der Waals surface area contributed by atoms with Crippen molar-refractivity contribution >= 4 is 22.6 Å². The molecule has 1 N–H and O–H groups in total. The van der Waals surface area contributed by atoms with Gasteiger partial charge in [-0.05, 0) is 41.0 Å². The molecule has 0 spiro atoms. The number of hydrogen-bond acceptors (Lipinski definition) is 3. The largest absolute Gasteiger partial charge is 0.369 e. The highest BCUT2D eigenvalue weighted by molar-refractivity contribution is 14.1. The van der Waals surface area contributed by atoms with Gasteiger partial charge < -0.3 is 9.72 Å². The summed E-state index contributed by atoms with van der Waals surface area (Å²) < 4.78 is 6.24. The Balaban J connectivity index is 2.06. The fraction of sp³-hybridized carbons (Fsp3) is 0.333. The van der Waals surface area contributed by atoms with Crippen molar-refractivity contribution < 1.29 is 4.74 Å². The van der Waals surface area contributed by atoms with Crippen LogP contribution in [-0.2, 0) is 4.74 Å². The molecule has 0 amide bonds. The van der Waals surface area contributed by atoms with Crippen molar-refractivity contribution in [3.63, 3.8) is 0 Å². The van der Waals surface area contributed by atoms with Gasteiger partial charge in [-0.25, -0.2) is 4.98 Å². The number of aromatic amines is 1. The van der Waals surface area contributed by atoms with E-state index in [4.69, 9.17) is 4.74 Å². The molecule has 0 bridgehead atoms. The summed E-state index contributed by atoms with van der Waals surface area (Å²) in [5.41, 5.74) is 1.83. The fourth-order valence-corrected chi connectivity index (χ4v) is 2.98. The first-order valence-electron chi connectivity index (χ1n) is 6.58. The van der Waals surface area contributed by atoms with Gasteiger partial charge in [0.25, 0.3) is 5.56 Å². The standard InChI is InChI=1S/C15H15IN2O2/c1-20-13(10-5-3-2-4-6-10)14-17-12(9-7-8-9)11(16)15(19)18-14/h2-6,9,13H,7-8H2,1H3,(H,17,18,19). The molecule has 0 aliphatic heterocycles. The van der Waals surface area contributed by atoms with Crippen LogP contribution in [0.25, 0.3) is 0 Å². The van der Waals surface area contributed by atoms with Gasteiger partial charge in [-0.1, -0.05) is 30.3 Å². The average molecular weight is 382 g/mol. The van der Waals surface area contributed by atoms with Crippen LogP contribution < -0.4 is 5.56 Å². The Morgan fingerprint density at radius 3 is 2.65 bits per heavy atom. The van der Waals surface area contributed by atoms with Crippen LogP contribution in [0, 0.1) is 3.57 Å². The molecule has 1 aromatic heterocycles. The molecule has 1 aromatic carbocycles. The van der Waals surface area contributed by atoms with Crippen molar-refractivity contribution in [3.8, 4) is 0 Å². The molecule has 1 fully saturated rings. The van der Waals surface area contributed by atoms with E-state index in [1.54, 1.807) is 7.11 Å². The van der Waals surface area contributed by atoms with Crippen LogP contribution in [0.3, 0.4) is 0 Å². The van der Waals surface area contributed by atoms with E-state index in [0.717, 1.165) is 24.1 Å². The number of ether oxygens (including phenoxy) is 1. The van der Waals surface area contributed by atoms with E-state index in [1.165, 1.54) is 0 Å². The first kappa shape index (κ1) is 13.8. The number of nitrogens with zero attached hydrogens (tertiary/aromatic N) is 1. The van der Waals surface area contributed by atoms with Crippen LogP contribution in [0.2, 0.25) is 0 Å². The van der Waals surface area contributed by atoms with Gasteiger partial charge in [0.2, 0.25) is 0 Å². The number of rotatable bonds is 4. The van der Waals surface area contributed by atoms with Gasteiger partial charge in [-0.3, -0.25) is 4.79 Å². The van der Waals surface area contributed by atoms with Crippen LogP contribution in [0.4, 0.5) is 0 Å². The molecule has 1 aliphatic rings. The maximum atomic E-state index is 12.1. The number of nitrogens with one attached hydrogen (secondary N) is 1. The minimum Gasteiger partial charge on any atom is -0.369 e. The van der Waals surface area contributed by atoms with Crippen molar-refractivity contribution in [2.45, 2.75) is 24.9 Å². The molecule has 1 unspecified atom stereocenters. The Kier molecular flexibility index (Phi) is 3.89. The highest BCUT2D eigenvalue weighted by atomic mass is 127. The third-order valence-corrected chi connectivity index (χ3v) is 4.50. The Hall–Kier alpha value is -1.21. The van der Waals surface area contributed by atoms with Crippen molar-refractivity contribution in [3.05, 3.63) is 61.3 Å². The minimum absolute atomic E-state index is 0.0736. The van der Waals surface area contributed by atoms with Crippen molar-refractivity contribution in [2.75, 3.05) is 7.11 Å². The topological polar surface area (TPSA) is 55.0 Å². The molecule has 1 saturated carbocycles. The van der Waals surface area contributed by atoms with Crippen LogP contribution in [-0.4, -0.2) is 17.1 Å². The maximum absolute atomic E-state index is 12.1. The van der Waals surface area contributed by atoms with Gasteiger partial charge in [-0.15, -0.1) is 0 Å². The summed E-state index contributed by atoms with van der Waals surface area (Å²) in [5.74, 6) is 1.03. The van der Waals surface area contributed by atoms with E-state index < -0.39 is 0 Å². The highest BCUT2D eigenvalue weighted by Gasteiger charge is 2.30. The number of halogens is 1. The monoisotopic (exact) mass is 382 g/mol. The molecular weight excluding hydrogens is 367 g/mol. The average Bonchev–Trinajstić information content (AvgIpc) is 3.29. The third-order valence-electron chi connectivity index (χ3n) is 3.46. The smallest absolute Gasteiger partial charge is 0.264 e. The number of methoxy groups -OCH3 is 1. The summed E-state index contributed by atoms with van der Waals surface area (Å²) in [6.45, 7) is 0. The van der Waals surface area contributed by atoms with Gasteiger partial charge in [0.05, 0.1) is 9.26 Å². The van der Waals surface area contributed by atoms with E-state index in [0.29, 0.717) is 15.3 Å². The Morgan fingerprint density at radius 1 is 1.35 bits per heavy atom. The molecule has 2 aromatic rings. The predicted octanol–water partition coefficient (Wildman–Crippen LogP) is 2.99. The molecule has 1 heterocycles. The summed E-state index contributed by atoms with van der Waals surface area (Å²) in [6, 6.07) is 9.81. The second kappa shape index (κ2) is 5.65. The van der Waals surface area contributed by atoms with Crippen molar-refractivity contribution in [1.82, 2.24) is 9.97 Å². The first-order chi connectivity index (χ1) is 9.70. The summed E-state index contributed by atoms with van der Waals surface area (Å²) in [7, 11) is 1.63. The van der Waals surface area contributed by atoms with Gasteiger partial charge in [0, 0.05) is 13.0 Å². The van der Waals surface area contributed by atoms with Gasteiger partial charge in [0.1, 0.15) is 11.9 Å². The van der Waals surface area contributed by atoms with Crippen molar-refractivity contribution in [2.24, 2.45) is 0 Å². The molecule has 0 radical (unpaired) electrons. The van der Waals surface area contributed by atoms with Gasteiger partial charge in [-0.2, -0.15) is 0 Å². The van der Waals surface area contributed by atoms with E-state index in [9.17, 15) is 4.79 Å². The van der Waals surface area contributed by atoms with E-state index in [-0.39, 0.29) is 11.7 Å². The zero-order valence-corrected chi connectivity index (χ0v) is 13.3. The molecular formula is C15H15IN2O2. The van der Waals surface area contributed by atoms with Crippen molar-refractivity contribution in [1.29, 1.82) is 0 Å². The first-order valence-corrected chi connectivity index (χ1v) is 7.66. The van der Waals surface area contributed by atoms with Crippen LogP contribution >= 0.6 is 22.6 Å². The summed E-state index contributed by atoms with van der Waals surface area (Å²) >= 11 is 2.08. The summed E-state index contributed by atoms with van der Waals surface area (Å²) in [4.78, 5) is 19.6. The Labute approximate surface area is 130 Å². The van der Waals surface area contributed by atoms with Gasteiger partial charge in [0.15, 0.2) is 0 Å². The number of H-pyrrole nitrogens is 1.